The Hall–Kier alpha value is -9.59. The summed E-state index contributed by atoms with van der Waals surface area (Å²) in [4.78, 5) is 31.3. The topological polar surface area (TPSA) is 90.2 Å². The zero-order valence-electron chi connectivity index (χ0n) is 57.8. The summed E-state index contributed by atoms with van der Waals surface area (Å²) in [6, 6.07) is 50.7. The summed E-state index contributed by atoms with van der Waals surface area (Å²) in [5.41, 5.74) is 34.4. The summed E-state index contributed by atoms with van der Waals surface area (Å²) in [6.45, 7) is 44.3. The van der Waals surface area contributed by atoms with Gasteiger partial charge in [-0.3, -0.25) is 34.9 Å². The van der Waals surface area contributed by atoms with Crippen LogP contribution >= 0.6 is 0 Å². The van der Waals surface area contributed by atoms with Crippen LogP contribution in [0.5, 0.6) is 0 Å². The third kappa shape index (κ3) is 16.3. The van der Waals surface area contributed by atoms with Gasteiger partial charge in [0, 0.05) is 79.6 Å². The number of fused-ring (bicyclic) bond motifs is 7. The molecule has 0 saturated carbocycles. The number of hydrogen-bond acceptors (Lipinski definition) is 7. The van der Waals surface area contributed by atoms with Crippen LogP contribution in [0.15, 0.2) is 170 Å². The van der Waals surface area contributed by atoms with E-state index in [4.69, 9.17) is 0 Å². The average molecular weight is 1200 g/mol. The maximum atomic E-state index is 4.57. The van der Waals surface area contributed by atoms with Crippen LogP contribution in [-0.2, 0) is 0 Å². The molecule has 0 N–H and O–H groups in total. The molecule has 0 saturated heterocycles. The molecule has 0 radical (unpaired) electrons. The van der Waals surface area contributed by atoms with E-state index in [0.29, 0.717) is 0 Å². The largest absolute Gasteiger partial charge is 0.256 e. The molecule has 7 nitrogen and oxygen atoms in total. The lowest BCUT2D eigenvalue weighted by Gasteiger charge is -2.07. The molecule has 7 heterocycles. The third-order valence-corrected chi connectivity index (χ3v) is 17.9. The SMILES string of the molecule is Cc1cc2cccc(C)c2nc1C.Cc1ccc2c(C)c(C)cnc2c1.Cc1ccc2cc(C)c(C)nc2c1.Cc1ccc2ncc(C)c(C)c2c1.Cc1cnc2c(C)cccc2c1C.Cc1cnc2cccc(C)c2c1C.Cc1nc2ccccc2c(C)c1C. The van der Waals surface area contributed by atoms with Crippen molar-refractivity contribution in [3.05, 3.63) is 288 Å². The van der Waals surface area contributed by atoms with Crippen LogP contribution in [0, 0.1) is 145 Å². The predicted molar refractivity (Wildman–Crippen MR) is 392 cm³/mol. The van der Waals surface area contributed by atoms with Gasteiger partial charge in [0.2, 0.25) is 0 Å². The molecule has 7 aromatic carbocycles. The minimum Gasteiger partial charge on any atom is -0.256 e. The van der Waals surface area contributed by atoms with Gasteiger partial charge >= 0.3 is 0 Å². The van der Waals surface area contributed by atoms with Gasteiger partial charge in [0.25, 0.3) is 0 Å². The standard InChI is InChI=1S/7C12H13N/c1-8-4-5-12-11(6-8)10(3)9(2)7-13-12;1-8-4-5-11-10(3)9(2)7-13-12(11)6-8;1-8-4-5-11-7-9(2)10(3)13-12(11)6-8;1-8-5-4-6-11-12(8)10(3)9(2)7-13-11;1-8-5-4-6-11-10(3)9(2)7-13-12(8)11;1-8-5-4-6-11-7-9(2)10(3)13-12(8)11;1-8-9(2)11-6-4-5-7-12(11)13-10(8)3/h7*4-7H,1-3H3. The van der Waals surface area contributed by atoms with Crippen molar-refractivity contribution in [2.75, 3.05) is 0 Å². The number of benzene rings is 7. The first kappa shape index (κ1) is 67.3. The Morgan fingerprint density at radius 2 is 0.681 bits per heavy atom. The van der Waals surface area contributed by atoms with Gasteiger partial charge in [-0.05, 0) is 289 Å². The van der Waals surface area contributed by atoms with E-state index in [9.17, 15) is 0 Å². The zero-order valence-corrected chi connectivity index (χ0v) is 57.8. The Bertz CT molecular complexity index is 4870. The average Bonchev–Trinajstić information content (AvgIpc) is 1.07. The molecule has 462 valence electrons. The van der Waals surface area contributed by atoms with E-state index in [1.165, 1.54) is 138 Å². The van der Waals surface area contributed by atoms with Crippen molar-refractivity contribution in [3.8, 4) is 0 Å². The molecule has 0 atom stereocenters. The fraction of sp³-hybridized carbons (Fsp3) is 0.250. The van der Waals surface area contributed by atoms with Gasteiger partial charge in [-0.1, -0.05) is 103 Å². The summed E-state index contributed by atoms with van der Waals surface area (Å²) < 4.78 is 0. The Labute approximate surface area is 541 Å². The van der Waals surface area contributed by atoms with E-state index in [2.05, 4.69) is 320 Å². The number of aromatic nitrogens is 7. The van der Waals surface area contributed by atoms with E-state index in [1.807, 2.05) is 30.9 Å². The van der Waals surface area contributed by atoms with Crippen LogP contribution in [0.2, 0.25) is 0 Å². The molecule has 7 heteroatoms. The molecule has 14 rings (SSSR count). The Morgan fingerprint density at radius 3 is 1.37 bits per heavy atom. The predicted octanol–water partition coefficient (Wildman–Crippen LogP) is 22.1. The summed E-state index contributed by atoms with van der Waals surface area (Å²) in [5.74, 6) is 0. The van der Waals surface area contributed by atoms with E-state index >= 15 is 0 Å². The molecule has 0 aliphatic carbocycles. The second kappa shape index (κ2) is 29.8. The highest BCUT2D eigenvalue weighted by Gasteiger charge is 2.08. The van der Waals surface area contributed by atoms with E-state index < -0.39 is 0 Å². The van der Waals surface area contributed by atoms with Crippen molar-refractivity contribution in [1.29, 1.82) is 0 Å². The number of hydrogen-bond donors (Lipinski definition) is 0. The lowest BCUT2D eigenvalue weighted by atomic mass is 10.0. The van der Waals surface area contributed by atoms with Crippen LogP contribution in [0.25, 0.3) is 76.3 Å². The number of nitrogens with zero attached hydrogens (tertiary/aromatic N) is 7. The summed E-state index contributed by atoms with van der Waals surface area (Å²) in [5, 5.41) is 8.87. The number of para-hydroxylation sites is 3. The smallest absolute Gasteiger partial charge is 0.0734 e. The first-order valence-corrected chi connectivity index (χ1v) is 31.6. The molecule has 0 bridgehead atoms. The lowest BCUT2D eigenvalue weighted by molar-refractivity contribution is 1.17. The Balaban J connectivity index is 0.000000137. The maximum absolute atomic E-state index is 4.57. The fourth-order valence-corrected chi connectivity index (χ4v) is 11.0. The molecule has 7 aromatic heterocycles. The van der Waals surface area contributed by atoms with E-state index in [1.54, 1.807) is 0 Å². The minimum absolute atomic E-state index is 1.09. The van der Waals surface area contributed by atoms with Crippen molar-refractivity contribution in [3.63, 3.8) is 0 Å². The lowest BCUT2D eigenvalue weighted by Crippen LogP contribution is -1.92. The molecule has 14 aromatic rings. The van der Waals surface area contributed by atoms with Crippen molar-refractivity contribution in [1.82, 2.24) is 34.9 Å². The van der Waals surface area contributed by atoms with Crippen molar-refractivity contribution >= 4 is 76.3 Å². The van der Waals surface area contributed by atoms with Gasteiger partial charge in [-0.15, -0.1) is 0 Å². The van der Waals surface area contributed by atoms with Crippen molar-refractivity contribution in [2.45, 2.75) is 145 Å². The normalized spacial score (nSPS) is 10.7. The monoisotopic (exact) mass is 1200 g/mol. The van der Waals surface area contributed by atoms with Crippen LogP contribution in [0.1, 0.15) is 117 Å². The first-order chi connectivity index (χ1) is 43.3. The molecule has 0 spiro atoms. The number of rotatable bonds is 0. The third-order valence-electron chi connectivity index (χ3n) is 17.9. The highest BCUT2D eigenvalue weighted by Crippen LogP contribution is 2.27. The van der Waals surface area contributed by atoms with Gasteiger partial charge in [0.05, 0.1) is 38.6 Å². The van der Waals surface area contributed by atoms with Gasteiger partial charge < -0.3 is 0 Å². The second-order valence-electron chi connectivity index (χ2n) is 24.8. The molecule has 91 heavy (non-hydrogen) atoms. The van der Waals surface area contributed by atoms with Crippen molar-refractivity contribution < 1.29 is 0 Å². The highest BCUT2D eigenvalue weighted by atomic mass is 14.7. The van der Waals surface area contributed by atoms with Gasteiger partial charge in [0.15, 0.2) is 0 Å². The fourth-order valence-electron chi connectivity index (χ4n) is 11.0. The molecular formula is C84H91N7. The molecule has 0 aliphatic heterocycles. The maximum Gasteiger partial charge on any atom is 0.0734 e. The second-order valence-corrected chi connectivity index (χ2v) is 24.8. The van der Waals surface area contributed by atoms with Crippen LogP contribution in [0.4, 0.5) is 0 Å². The quantitative estimate of drug-likeness (QED) is 0.149. The molecular weight excluding hydrogens is 1110 g/mol. The molecule has 0 amide bonds. The summed E-state index contributed by atoms with van der Waals surface area (Å²) in [7, 11) is 0. The van der Waals surface area contributed by atoms with Gasteiger partial charge in [-0.2, -0.15) is 0 Å². The first-order valence-electron chi connectivity index (χ1n) is 31.6. The molecule has 0 fully saturated rings. The number of aryl methyl sites for hydroxylation is 20. The van der Waals surface area contributed by atoms with Gasteiger partial charge in [0.1, 0.15) is 0 Å². The zero-order chi connectivity index (χ0) is 66.0. The van der Waals surface area contributed by atoms with E-state index in [-0.39, 0.29) is 0 Å². The summed E-state index contributed by atoms with van der Waals surface area (Å²) >= 11 is 0. The Morgan fingerprint density at radius 1 is 0.220 bits per heavy atom. The van der Waals surface area contributed by atoms with Crippen LogP contribution in [0.3, 0.4) is 0 Å². The van der Waals surface area contributed by atoms with Crippen LogP contribution in [-0.4, -0.2) is 34.9 Å². The summed E-state index contributed by atoms with van der Waals surface area (Å²) in [6.07, 6.45) is 7.77. The molecule has 0 unspecified atom stereocenters. The highest BCUT2D eigenvalue weighted by molar-refractivity contribution is 5.88. The Kier molecular flexibility index (Phi) is 22.1. The van der Waals surface area contributed by atoms with Crippen LogP contribution < -0.4 is 0 Å². The number of pyridine rings is 7. The van der Waals surface area contributed by atoms with Crippen molar-refractivity contribution in [2.24, 2.45) is 0 Å². The van der Waals surface area contributed by atoms with Gasteiger partial charge in [-0.25, -0.2) is 0 Å². The van der Waals surface area contributed by atoms with E-state index in [0.717, 1.165) is 55.7 Å². The minimum atomic E-state index is 1.09. The molecule has 0 aliphatic rings.